The Bertz CT molecular complexity index is 639. The van der Waals surface area contributed by atoms with Crippen LogP contribution in [0.1, 0.15) is 11.3 Å². The molecule has 1 aromatic heterocycles. The Hall–Kier alpha value is -2.75. The van der Waals surface area contributed by atoms with Crippen LogP contribution < -0.4 is 5.32 Å². The van der Waals surface area contributed by atoms with Gasteiger partial charge in [-0.25, -0.2) is 4.79 Å². The van der Waals surface area contributed by atoms with E-state index >= 15 is 0 Å². The van der Waals surface area contributed by atoms with E-state index in [1.165, 1.54) is 0 Å². The molecule has 0 saturated carbocycles. The third kappa shape index (κ3) is 2.57. The van der Waals surface area contributed by atoms with Crippen LogP contribution >= 0.6 is 0 Å². The van der Waals surface area contributed by atoms with Crippen LogP contribution in [0.25, 0.3) is 11.8 Å². The Morgan fingerprint density at radius 3 is 2.63 bits per heavy atom. The number of ether oxygens (including phenoxy) is 1. The van der Waals surface area contributed by atoms with Crippen LogP contribution in [-0.4, -0.2) is 6.09 Å². The predicted octanol–water partition coefficient (Wildman–Crippen LogP) is 3.40. The second-order valence-electron chi connectivity index (χ2n) is 4.00. The number of hydrogen-bond donors (Lipinski definition) is 1. The molecular weight excluding hydrogens is 242 g/mol. The zero-order chi connectivity index (χ0) is 13.1. The summed E-state index contributed by atoms with van der Waals surface area (Å²) in [7, 11) is 0. The fraction of sp³-hybridized carbons (Fsp3) is 0. The molecule has 2 aromatic rings. The van der Waals surface area contributed by atoms with Gasteiger partial charge in [0.25, 0.3) is 0 Å². The Balaban J connectivity index is 1.97. The molecule has 0 saturated heterocycles. The summed E-state index contributed by atoms with van der Waals surface area (Å²) < 4.78 is 10.4. The van der Waals surface area contributed by atoms with E-state index < -0.39 is 6.09 Å². The highest BCUT2D eigenvalue weighted by Gasteiger charge is 2.17. The van der Waals surface area contributed by atoms with Crippen molar-refractivity contribution in [2.45, 2.75) is 0 Å². The first-order valence-corrected chi connectivity index (χ1v) is 5.82. The number of rotatable bonds is 2. The van der Waals surface area contributed by atoms with E-state index in [2.05, 4.69) is 5.32 Å². The third-order valence-electron chi connectivity index (χ3n) is 2.63. The number of allylic oxidation sites excluding steroid dienone is 1. The highest BCUT2D eigenvalue weighted by atomic mass is 16.6. The molecule has 0 fully saturated rings. The number of hydrogen-bond acceptors (Lipinski definition) is 3. The van der Waals surface area contributed by atoms with E-state index in [9.17, 15) is 4.79 Å². The summed E-state index contributed by atoms with van der Waals surface area (Å²) in [5.41, 5.74) is 1.48. The molecule has 4 nitrogen and oxygen atoms in total. The predicted molar refractivity (Wildman–Crippen MR) is 70.7 cm³/mol. The maximum atomic E-state index is 11.5. The number of amides is 1. The van der Waals surface area contributed by atoms with Gasteiger partial charge in [0.2, 0.25) is 0 Å². The van der Waals surface area contributed by atoms with E-state index in [1.807, 2.05) is 36.4 Å². The Morgan fingerprint density at radius 2 is 1.89 bits per heavy atom. The molecule has 1 aliphatic heterocycles. The fourth-order valence-electron chi connectivity index (χ4n) is 1.80. The summed E-state index contributed by atoms with van der Waals surface area (Å²) >= 11 is 0. The van der Waals surface area contributed by atoms with Gasteiger partial charge in [-0.05, 0) is 12.1 Å². The molecule has 0 bridgehead atoms. The second-order valence-corrected chi connectivity index (χ2v) is 4.00. The maximum absolute atomic E-state index is 11.5. The van der Waals surface area contributed by atoms with Crippen LogP contribution in [0.15, 0.2) is 64.9 Å². The van der Waals surface area contributed by atoms with Crippen molar-refractivity contribution in [3.05, 3.63) is 71.8 Å². The summed E-state index contributed by atoms with van der Waals surface area (Å²) in [5.74, 6) is 1.18. The van der Waals surface area contributed by atoms with E-state index in [1.54, 1.807) is 24.5 Å². The number of alkyl carbamates (subject to hydrolysis) is 1. The normalized spacial score (nSPS) is 16.7. The van der Waals surface area contributed by atoms with Crippen molar-refractivity contribution >= 4 is 17.9 Å². The second kappa shape index (κ2) is 4.86. The average Bonchev–Trinajstić information content (AvgIpc) is 2.92. The maximum Gasteiger partial charge on any atom is 0.417 e. The molecule has 19 heavy (non-hydrogen) atoms. The third-order valence-corrected chi connectivity index (χ3v) is 2.63. The molecular formula is C15H11NO3. The number of carbonyl (C=O) groups is 1. The molecule has 0 radical (unpaired) electrons. The lowest BCUT2D eigenvalue weighted by Gasteiger charge is -2.16. The summed E-state index contributed by atoms with van der Waals surface area (Å²) in [6.07, 6.45) is 4.58. The van der Waals surface area contributed by atoms with Crippen molar-refractivity contribution in [1.82, 2.24) is 5.32 Å². The van der Waals surface area contributed by atoms with Crippen molar-refractivity contribution in [2.24, 2.45) is 0 Å². The van der Waals surface area contributed by atoms with Crippen molar-refractivity contribution in [2.75, 3.05) is 0 Å². The average molecular weight is 253 g/mol. The van der Waals surface area contributed by atoms with Gasteiger partial charge in [0, 0.05) is 17.7 Å². The molecule has 0 atom stereocenters. The van der Waals surface area contributed by atoms with E-state index in [4.69, 9.17) is 9.15 Å². The fourth-order valence-corrected chi connectivity index (χ4v) is 1.80. The summed E-state index contributed by atoms with van der Waals surface area (Å²) in [6, 6.07) is 13.1. The van der Waals surface area contributed by atoms with Gasteiger partial charge >= 0.3 is 6.09 Å². The minimum Gasteiger partial charge on any atom is -0.465 e. The number of cyclic esters (lactones) is 1. The van der Waals surface area contributed by atoms with E-state index in [-0.39, 0.29) is 0 Å². The zero-order valence-electron chi connectivity index (χ0n) is 10.00. The van der Waals surface area contributed by atoms with Crippen LogP contribution in [0, 0.1) is 0 Å². The van der Waals surface area contributed by atoms with Crippen molar-refractivity contribution in [3.63, 3.8) is 0 Å². The SMILES string of the molecule is O=C1N/C(=C/c2ccco2)C=C(c2ccccc2)O1. The topological polar surface area (TPSA) is 51.5 Å². The molecule has 0 aliphatic carbocycles. The Morgan fingerprint density at radius 1 is 1.05 bits per heavy atom. The largest absolute Gasteiger partial charge is 0.465 e. The van der Waals surface area contributed by atoms with Gasteiger partial charge in [0.1, 0.15) is 11.5 Å². The lowest BCUT2D eigenvalue weighted by Crippen LogP contribution is -2.26. The number of carbonyl (C=O) groups excluding carboxylic acids is 1. The van der Waals surface area contributed by atoms with Gasteiger partial charge in [-0.1, -0.05) is 30.3 Å². The van der Waals surface area contributed by atoms with Gasteiger partial charge in [-0.15, -0.1) is 0 Å². The Kier molecular flexibility index (Phi) is 2.90. The van der Waals surface area contributed by atoms with Gasteiger partial charge in [0.05, 0.1) is 12.0 Å². The summed E-state index contributed by atoms with van der Waals surface area (Å²) in [5, 5.41) is 2.62. The smallest absolute Gasteiger partial charge is 0.417 e. The molecule has 1 amide bonds. The summed E-state index contributed by atoms with van der Waals surface area (Å²) in [4.78, 5) is 11.5. The Labute approximate surface area is 110 Å². The monoisotopic (exact) mass is 253 g/mol. The first-order chi connectivity index (χ1) is 9.31. The molecule has 1 aromatic carbocycles. The lowest BCUT2D eigenvalue weighted by molar-refractivity contribution is 0.193. The first kappa shape index (κ1) is 11.3. The number of benzene rings is 1. The van der Waals surface area contributed by atoms with E-state index in [0.717, 1.165) is 5.56 Å². The molecule has 2 heterocycles. The van der Waals surface area contributed by atoms with Gasteiger partial charge in [-0.2, -0.15) is 0 Å². The minimum atomic E-state index is -0.501. The van der Waals surface area contributed by atoms with Crippen LogP contribution in [0.2, 0.25) is 0 Å². The number of nitrogens with one attached hydrogen (secondary N) is 1. The summed E-state index contributed by atoms with van der Waals surface area (Å²) in [6.45, 7) is 0. The quantitative estimate of drug-likeness (QED) is 0.892. The van der Waals surface area contributed by atoms with Gasteiger partial charge in [0.15, 0.2) is 0 Å². The van der Waals surface area contributed by atoms with Crippen molar-refractivity contribution in [3.8, 4) is 0 Å². The van der Waals surface area contributed by atoms with Crippen molar-refractivity contribution < 1.29 is 13.9 Å². The standard InChI is InChI=1S/C15H11NO3/c17-15-16-12(9-13-7-4-8-18-13)10-14(19-15)11-5-2-1-3-6-11/h1-10H,(H,16,17)/b12-9+. The molecule has 0 spiro atoms. The lowest BCUT2D eigenvalue weighted by atomic mass is 10.1. The number of furan rings is 1. The highest BCUT2D eigenvalue weighted by Crippen LogP contribution is 2.22. The van der Waals surface area contributed by atoms with Gasteiger partial charge < -0.3 is 9.15 Å². The van der Waals surface area contributed by atoms with E-state index in [0.29, 0.717) is 17.2 Å². The zero-order valence-corrected chi connectivity index (χ0v) is 10.00. The molecule has 1 aliphatic rings. The van der Waals surface area contributed by atoms with Crippen LogP contribution in [0.4, 0.5) is 4.79 Å². The molecule has 0 unspecified atom stereocenters. The molecule has 1 N–H and O–H groups in total. The van der Waals surface area contributed by atoms with Crippen LogP contribution in [-0.2, 0) is 4.74 Å². The van der Waals surface area contributed by atoms with Crippen LogP contribution in [0.5, 0.6) is 0 Å². The highest BCUT2D eigenvalue weighted by molar-refractivity contribution is 5.84. The van der Waals surface area contributed by atoms with Gasteiger partial charge in [-0.3, -0.25) is 5.32 Å². The molecule has 94 valence electrons. The first-order valence-electron chi connectivity index (χ1n) is 5.82. The van der Waals surface area contributed by atoms with Crippen molar-refractivity contribution in [1.29, 1.82) is 0 Å². The molecule has 3 rings (SSSR count). The van der Waals surface area contributed by atoms with Crippen LogP contribution in [0.3, 0.4) is 0 Å². The minimum absolute atomic E-state index is 0.501. The molecule has 4 heteroatoms.